The standard InChI is InChI=1S/C9H19NO2/c1-7-6-12-4-3-9(7)10-8(2)5-11/h7-11H,3-6H2,1-2H3/t7?,8-,9?/m0/s1. The van der Waals surface area contributed by atoms with Crippen molar-refractivity contribution in [2.75, 3.05) is 19.8 Å². The van der Waals surface area contributed by atoms with E-state index in [1.807, 2.05) is 6.92 Å². The highest BCUT2D eigenvalue weighted by Gasteiger charge is 2.22. The quantitative estimate of drug-likeness (QED) is 0.648. The lowest BCUT2D eigenvalue weighted by Gasteiger charge is -2.31. The van der Waals surface area contributed by atoms with Gasteiger partial charge in [0.15, 0.2) is 0 Å². The molecular weight excluding hydrogens is 154 g/mol. The van der Waals surface area contributed by atoms with E-state index in [1.54, 1.807) is 0 Å². The van der Waals surface area contributed by atoms with Crippen LogP contribution in [0.25, 0.3) is 0 Å². The molecule has 0 amide bonds. The number of ether oxygens (including phenoxy) is 1. The van der Waals surface area contributed by atoms with E-state index in [2.05, 4.69) is 12.2 Å². The van der Waals surface area contributed by atoms with Gasteiger partial charge in [-0.2, -0.15) is 0 Å². The maximum absolute atomic E-state index is 8.86. The summed E-state index contributed by atoms with van der Waals surface area (Å²) in [6.45, 7) is 6.09. The van der Waals surface area contributed by atoms with E-state index < -0.39 is 0 Å². The first-order valence-electron chi connectivity index (χ1n) is 4.68. The molecule has 0 aliphatic carbocycles. The third-order valence-corrected chi connectivity index (χ3v) is 2.41. The number of aliphatic hydroxyl groups excluding tert-OH is 1. The van der Waals surface area contributed by atoms with Gasteiger partial charge in [-0.15, -0.1) is 0 Å². The molecule has 1 aliphatic heterocycles. The second-order valence-corrected chi connectivity index (χ2v) is 3.70. The van der Waals surface area contributed by atoms with Crippen LogP contribution in [0.5, 0.6) is 0 Å². The third-order valence-electron chi connectivity index (χ3n) is 2.41. The summed E-state index contributed by atoms with van der Waals surface area (Å²) in [5.41, 5.74) is 0. The molecule has 2 N–H and O–H groups in total. The molecule has 3 heteroatoms. The number of hydrogen-bond donors (Lipinski definition) is 2. The highest BCUT2D eigenvalue weighted by Crippen LogP contribution is 2.14. The molecule has 1 fully saturated rings. The Labute approximate surface area is 74.1 Å². The number of rotatable bonds is 3. The second kappa shape index (κ2) is 4.80. The Hall–Kier alpha value is -0.120. The van der Waals surface area contributed by atoms with Gasteiger partial charge < -0.3 is 15.2 Å². The minimum absolute atomic E-state index is 0.204. The molecule has 3 nitrogen and oxygen atoms in total. The molecule has 0 saturated carbocycles. The van der Waals surface area contributed by atoms with Gasteiger partial charge in [-0.25, -0.2) is 0 Å². The van der Waals surface area contributed by atoms with Gasteiger partial charge in [-0.1, -0.05) is 6.92 Å². The highest BCUT2D eigenvalue weighted by molar-refractivity contribution is 4.78. The van der Waals surface area contributed by atoms with Crippen molar-refractivity contribution in [3.63, 3.8) is 0 Å². The topological polar surface area (TPSA) is 41.5 Å². The maximum Gasteiger partial charge on any atom is 0.0582 e. The van der Waals surface area contributed by atoms with Gasteiger partial charge in [0.05, 0.1) is 13.2 Å². The molecule has 1 heterocycles. The zero-order chi connectivity index (χ0) is 8.97. The smallest absolute Gasteiger partial charge is 0.0582 e. The van der Waals surface area contributed by atoms with Gasteiger partial charge >= 0.3 is 0 Å². The molecule has 1 rings (SSSR count). The summed E-state index contributed by atoms with van der Waals surface area (Å²) in [5, 5.41) is 12.2. The highest BCUT2D eigenvalue weighted by atomic mass is 16.5. The van der Waals surface area contributed by atoms with Crippen molar-refractivity contribution < 1.29 is 9.84 Å². The average molecular weight is 173 g/mol. The fourth-order valence-corrected chi connectivity index (χ4v) is 1.55. The predicted molar refractivity (Wildman–Crippen MR) is 48.1 cm³/mol. The first kappa shape index (κ1) is 9.96. The molecule has 1 aliphatic rings. The minimum atomic E-state index is 0.204. The lowest BCUT2D eigenvalue weighted by atomic mass is 9.97. The van der Waals surface area contributed by atoms with Crippen LogP contribution in [-0.4, -0.2) is 37.0 Å². The minimum Gasteiger partial charge on any atom is -0.395 e. The van der Waals surface area contributed by atoms with Gasteiger partial charge in [0.25, 0.3) is 0 Å². The molecule has 72 valence electrons. The number of nitrogens with one attached hydrogen (secondary N) is 1. The van der Waals surface area contributed by atoms with Crippen molar-refractivity contribution in [3.8, 4) is 0 Å². The fourth-order valence-electron chi connectivity index (χ4n) is 1.55. The predicted octanol–water partition coefficient (Wildman–Crippen LogP) is 0.382. The zero-order valence-corrected chi connectivity index (χ0v) is 7.92. The van der Waals surface area contributed by atoms with Gasteiger partial charge in [-0.05, 0) is 19.3 Å². The lowest BCUT2D eigenvalue weighted by Crippen LogP contribution is -2.46. The Kier molecular flexibility index (Phi) is 3.98. The molecule has 0 bridgehead atoms. The molecule has 0 aromatic heterocycles. The van der Waals surface area contributed by atoms with Crippen molar-refractivity contribution in [2.24, 2.45) is 5.92 Å². The first-order valence-corrected chi connectivity index (χ1v) is 4.68. The second-order valence-electron chi connectivity index (χ2n) is 3.70. The summed E-state index contributed by atoms with van der Waals surface area (Å²) in [6, 6.07) is 0.719. The van der Waals surface area contributed by atoms with Crippen molar-refractivity contribution in [1.82, 2.24) is 5.32 Å². The summed E-state index contributed by atoms with van der Waals surface area (Å²) >= 11 is 0. The van der Waals surface area contributed by atoms with Crippen molar-refractivity contribution in [2.45, 2.75) is 32.4 Å². The van der Waals surface area contributed by atoms with E-state index in [0.717, 1.165) is 19.6 Å². The summed E-state index contributed by atoms with van der Waals surface area (Å²) in [6.07, 6.45) is 1.06. The average Bonchev–Trinajstić information content (AvgIpc) is 2.09. The van der Waals surface area contributed by atoms with Crippen LogP contribution < -0.4 is 5.32 Å². The summed E-state index contributed by atoms with van der Waals surface area (Å²) in [5.74, 6) is 0.563. The van der Waals surface area contributed by atoms with Crippen molar-refractivity contribution in [1.29, 1.82) is 0 Å². The Bertz CT molecular complexity index is 130. The van der Waals surface area contributed by atoms with E-state index in [-0.39, 0.29) is 12.6 Å². The Morgan fingerprint density at radius 2 is 2.42 bits per heavy atom. The van der Waals surface area contributed by atoms with Gasteiger partial charge in [0.1, 0.15) is 0 Å². The largest absolute Gasteiger partial charge is 0.395 e. The third kappa shape index (κ3) is 2.73. The normalized spacial score (nSPS) is 33.2. The maximum atomic E-state index is 8.86. The summed E-state index contributed by atoms with van der Waals surface area (Å²) in [7, 11) is 0. The van der Waals surface area contributed by atoms with Crippen LogP contribution in [0, 0.1) is 5.92 Å². The van der Waals surface area contributed by atoms with Gasteiger partial charge in [0, 0.05) is 18.7 Å². The molecule has 0 aromatic carbocycles. The van der Waals surface area contributed by atoms with E-state index in [4.69, 9.17) is 9.84 Å². The summed E-state index contributed by atoms with van der Waals surface area (Å²) < 4.78 is 5.32. The van der Waals surface area contributed by atoms with E-state index in [9.17, 15) is 0 Å². The first-order chi connectivity index (χ1) is 5.74. The molecule has 2 unspecified atom stereocenters. The Morgan fingerprint density at radius 1 is 1.67 bits per heavy atom. The zero-order valence-electron chi connectivity index (χ0n) is 7.92. The van der Waals surface area contributed by atoms with E-state index in [0.29, 0.717) is 12.0 Å². The van der Waals surface area contributed by atoms with Crippen LogP contribution in [0.4, 0.5) is 0 Å². The Morgan fingerprint density at radius 3 is 3.00 bits per heavy atom. The monoisotopic (exact) mass is 173 g/mol. The van der Waals surface area contributed by atoms with E-state index in [1.165, 1.54) is 0 Å². The van der Waals surface area contributed by atoms with E-state index >= 15 is 0 Å². The molecule has 1 saturated heterocycles. The van der Waals surface area contributed by atoms with Crippen LogP contribution in [-0.2, 0) is 4.74 Å². The Balaban J connectivity index is 2.28. The van der Waals surface area contributed by atoms with Gasteiger partial charge in [-0.3, -0.25) is 0 Å². The fraction of sp³-hybridized carbons (Fsp3) is 1.00. The SMILES string of the molecule is CC1COCCC1N[C@@H](C)CO. The summed E-state index contributed by atoms with van der Waals surface area (Å²) in [4.78, 5) is 0. The van der Waals surface area contributed by atoms with Crippen LogP contribution in [0.3, 0.4) is 0 Å². The molecular formula is C9H19NO2. The number of hydrogen-bond acceptors (Lipinski definition) is 3. The molecule has 3 atom stereocenters. The lowest BCUT2D eigenvalue weighted by molar-refractivity contribution is 0.0340. The van der Waals surface area contributed by atoms with Crippen LogP contribution in [0.1, 0.15) is 20.3 Å². The molecule has 0 aromatic rings. The molecule has 0 radical (unpaired) electrons. The van der Waals surface area contributed by atoms with Crippen molar-refractivity contribution in [3.05, 3.63) is 0 Å². The van der Waals surface area contributed by atoms with Crippen LogP contribution in [0.2, 0.25) is 0 Å². The van der Waals surface area contributed by atoms with Crippen molar-refractivity contribution >= 4 is 0 Å². The molecule has 12 heavy (non-hydrogen) atoms. The number of aliphatic hydroxyl groups is 1. The van der Waals surface area contributed by atoms with Crippen LogP contribution >= 0.6 is 0 Å². The molecule has 0 spiro atoms. The van der Waals surface area contributed by atoms with Gasteiger partial charge in [0.2, 0.25) is 0 Å². The van der Waals surface area contributed by atoms with Crippen LogP contribution in [0.15, 0.2) is 0 Å².